The molecule has 3 N–H and O–H groups in total. The molecule has 1 rings (SSSR count). The van der Waals surface area contributed by atoms with Crippen molar-refractivity contribution in [3.05, 3.63) is 22.3 Å². The Kier molecular flexibility index (Phi) is 7.27. The average molecular weight is 352 g/mol. The molecule has 1 unspecified atom stereocenters. The van der Waals surface area contributed by atoms with Crippen molar-refractivity contribution in [2.24, 2.45) is 0 Å². The molecule has 0 saturated carbocycles. The maximum absolute atomic E-state index is 11.7. The number of nitrogens with one attached hydrogen (secondary N) is 2. The van der Waals surface area contributed by atoms with Crippen LogP contribution in [-0.4, -0.2) is 45.9 Å². The summed E-state index contributed by atoms with van der Waals surface area (Å²) >= 11 is 12.6. The van der Waals surface area contributed by atoms with Gasteiger partial charge in [-0.3, -0.25) is 9.59 Å². The Morgan fingerprint density at radius 3 is 2.76 bits per heavy atom. The summed E-state index contributed by atoms with van der Waals surface area (Å²) in [7, 11) is 0. The minimum absolute atomic E-state index is 0.00898. The van der Waals surface area contributed by atoms with Gasteiger partial charge in [0.15, 0.2) is 5.82 Å². The van der Waals surface area contributed by atoms with Crippen molar-refractivity contribution >= 4 is 59.1 Å². The van der Waals surface area contributed by atoms with Gasteiger partial charge in [-0.2, -0.15) is 0 Å². The lowest BCUT2D eigenvalue weighted by atomic mass is 10.3. The molecule has 0 saturated heterocycles. The first-order valence-electron chi connectivity index (χ1n) is 5.55. The minimum atomic E-state index is -1.17. The van der Waals surface area contributed by atoms with Gasteiger partial charge in [-0.1, -0.05) is 23.2 Å². The van der Waals surface area contributed by atoms with Gasteiger partial charge in [0, 0.05) is 11.9 Å². The van der Waals surface area contributed by atoms with Gasteiger partial charge in [0.05, 0.1) is 15.8 Å². The molecule has 0 aliphatic rings. The third-order valence-corrected chi connectivity index (χ3v) is 3.68. The number of carboxylic acids is 1. The number of nitrogens with zero attached hydrogens (tertiary/aromatic N) is 1. The average Bonchev–Trinajstić information content (AvgIpc) is 2.41. The van der Waals surface area contributed by atoms with Crippen LogP contribution in [0.25, 0.3) is 0 Å². The van der Waals surface area contributed by atoms with Crippen molar-refractivity contribution < 1.29 is 19.5 Å². The second-order valence-electron chi connectivity index (χ2n) is 3.72. The molecule has 0 radical (unpaired) electrons. The number of pyridine rings is 1. The minimum Gasteiger partial charge on any atom is -0.480 e. The predicted octanol–water partition coefficient (Wildman–Crippen LogP) is 1.26. The van der Waals surface area contributed by atoms with Crippen LogP contribution in [0, 0.1) is 0 Å². The van der Waals surface area contributed by atoms with Crippen LogP contribution in [-0.2, 0) is 14.4 Å². The Labute approximate surface area is 134 Å². The smallest absolute Gasteiger partial charge is 0.327 e. The maximum atomic E-state index is 11.7. The fourth-order valence-corrected chi connectivity index (χ4v) is 2.49. The van der Waals surface area contributed by atoms with Crippen LogP contribution in [0.3, 0.4) is 0 Å². The Balaban J connectivity index is 2.43. The Morgan fingerprint density at radius 1 is 1.48 bits per heavy atom. The first-order valence-corrected chi connectivity index (χ1v) is 7.46. The van der Waals surface area contributed by atoms with E-state index in [4.69, 9.17) is 28.3 Å². The second-order valence-corrected chi connectivity index (χ2v) is 5.60. The molecular formula is C11H11Cl2N3O4S. The zero-order chi connectivity index (χ0) is 15.8. The summed E-state index contributed by atoms with van der Waals surface area (Å²) in [5, 5.41) is 14.0. The van der Waals surface area contributed by atoms with E-state index in [1.54, 1.807) is 0 Å². The highest BCUT2D eigenvalue weighted by Gasteiger charge is 2.17. The quantitative estimate of drug-likeness (QED) is 0.608. The van der Waals surface area contributed by atoms with Gasteiger partial charge in [-0.05, 0) is 6.07 Å². The van der Waals surface area contributed by atoms with Crippen LogP contribution in [0.5, 0.6) is 0 Å². The van der Waals surface area contributed by atoms with Crippen LogP contribution in [0.2, 0.25) is 10.0 Å². The molecule has 0 aliphatic heterocycles. The van der Waals surface area contributed by atoms with E-state index in [-0.39, 0.29) is 22.3 Å². The first-order chi connectivity index (χ1) is 9.93. The normalized spacial score (nSPS) is 11.5. The monoisotopic (exact) mass is 351 g/mol. The van der Waals surface area contributed by atoms with Crippen molar-refractivity contribution in [1.82, 2.24) is 10.3 Å². The number of aliphatic carboxylic acids is 1. The summed E-state index contributed by atoms with van der Waals surface area (Å²) in [6.45, 7) is 0. The van der Waals surface area contributed by atoms with E-state index in [0.29, 0.717) is 11.4 Å². The number of thioether (sulfide) groups is 1. The molecule has 114 valence electrons. The van der Waals surface area contributed by atoms with Gasteiger partial charge < -0.3 is 15.7 Å². The number of carbonyl (C=O) groups is 3. The Bertz CT molecular complexity index is 544. The predicted molar refractivity (Wildman–Crippen MR) is 80.8 cm³/mol. The lowest BCUT2D eigenvalue weighted by Gasteiger charge is -2.10. The highest BCUT2D eigenvalue weighted by molar-refractivity contribution is 8.00. The fraction of sp³-hybridized carbons (Fsp3) is 0.273. The molecule has 0 bridgehead atoms. The second kappa shape index (κ2) is 8.71. The van der Waals surface area contributed by atoms with Crippen molar-refractivity contribution in [2.75, 3.05) is 16.8 Å². The van der Waals surface area contributed by atoms with Gasteiger partial charge in [0.25, 0.3) is 0 Å². The number of aromatic nitrogens is 1. The molecule has 1 aromatic heterocycles. The van der Waals surface area contributed by atoms with E-state index >= 15 is 0 Å². The van der Waals surface area contributed by atoms with Gasteiger partial charge in [-0.15, -0.1) is 11.8 Å². The number of halogens is 2. The molecule has 0 aliphatic carbocycles. The number of hydrogen-bond acceptors (Lipinski definition) is 5. The fourth-order valence-electron chi connectivity index (χ4n) is 1.22. The number of rotatable bonds is 8. The van der Waals surface area contributed by atoms with Crippen molar-refractivity contribution in [3.8, 4) is 0 Å². The van der Waals surface area contributed by atoms with Crippen LogP contribution in [0.4, 0.5) is 5.82 Å². The lowest BCUT2D eigenvalue weighted by Crippen LogP contribution is -2.38. The summed E-state index contributed by atoms with van der Waals surface area (Å²) in [6, 6.07) is 0.394. The van der Waals surface area contributed by atoms with Crippen LogP contribution in [0.15, 0.2) is 12.3 Å². The molecule has 1 heterocycles. The molecule has 7 nitrogen and oxygen atoms in total. The van der Waals surface area contributed by atoms with E-state index in [0.717, 1.165) is 11.8 Å². The maximum Gasteiger partial charge on any atom is 0.327 e. The van der Waals surface area contributed by atoms with E-state index in [2.05, 4.69) is 15.6 Å². The summed E-state index contributed by atoms with van der Waals surface area (Å²) in [4.78, 5) is 36.5. The van der Waals surface area contributed by atoms with Crippen LogP contribution >= 0.6 is 35.0 Å². The molecule has 10 heteroatoms. The van der Waals surface area contributed by atoms with E-state index in [9.17, 15) is 14.4 Å². The molecule has 21 heavy (non-hydrogen) atoms. The first kappa shape index (κ1) is 17.5. The summed E-state index contributed by atoms with van der Waals surface area (Å²) in [5.41, 5.74) is 0. The highest BCUT2D eigenvalue weighted by atomic mass is 35.5. The zero-order valence-electron chi connectivity index (χ0n) is 10.5. The van der Waals surface area contributed by atoms with Crippen LogP contribution < -0.4 is 10.6 Å². The van der Waals surface area contributed by atoms with E-state index in [1.807, 2.05) is 0 Å². The Morgan fingerprint density at radius 2 is 2.19 bits per heavy atom. The summed E-state index contributed by atoms with van der Waals surface area (Å²) < 4.78 is 0. The lowest BCUT2D eigenvalue weighted by molar-refractivity contribution is -0.139. The van der Waals surface area contributed by atoms with Gasteiger partial charge in [0.2, 0.25) is 12.3 Å². The molecule has 2 amide bonds. The van der Waals surface area contributed by atoms with Crippen molar-refractivity contribution in [1.29, 1.82) is 0 Å². The molecule has 0 aromatic carbocycles. The molecule has 1 atom stereocenters. The Hall–Kier alpha value is -1.51. The summed E-state index contributed by atoms with van der Waals surface area (Å²) in [5.74, 6) is -1.34. The topological polar surface area (TPSA) is 108 Å². The number of carbonyl (C=O) groups excluding carboxylic acids is 2. The molecular weight excluding hydrogens is 341 g/mol. The SMILES string of the molecule is O=CNC(CSCC(=O)Nc1ncc(Cl)cc1Cl)C(=O)O. The number of hydrogen-bond donors (Lipinski definition) is 3. The largest absolute Gasteiger partial charge is 0.480 e. The molecule has 0 fully saturated rings. The molecule has 0 spiro atoms. The molecule has 1 aromatic rings. The third kappa shape index (κ3) is 6.19. The van der Waals surface area contributed by atoms with E-state index in [1.165, 1.54) is 12.3 Å². The van der Waals surface area contributed by atoms with Crippen molar-refractivity contribution in [2.45, 2.75) is 6.04 Å². The number of carboxylic acid groups (broad SMARTS) is 1. The van der Waals surface area contributed by atoms with Crippen LogP contribution in [0.1, 0.15) is 0 Å². The van der Waals surface area contributed by atoms with Gasteiger partial charge >= 0.3 is 5.97 Å². The van der Waals surface area contributed by atoms with Crippen molar-refractivity contribution in [3.63, 3.8) is 0 Å². The number of anilines is 1. The standard InChI is InChI=1S/C11H11Cl2N3O4S/c12-6-1-7(13)10(14-2-6)16-9(18)4-21-3-8(11(19)20)15-5-17/h1-2,5,8H,3-4H2,(H,15,17)(H,19,20)(H,14,16,18). The summed E-state index contributed by atoms with van der Waals surface area (Å²) in [6.07, 6.45) is 1.64. The third-order valence-electron chi connectivity index (χ3n) is 2.15. The number of amides is 2. The van der Waals surface area contributed by atoms with E-state index < -0.39 is 17.9 Å². The van der Waals surface area contributed by atoms with Gasteiger partial charge in [0.1, 0.15) is 6.04 Å². The zero-order valence-corrected chi connectivity index (χ0v) is 12.8. The van der Waals surface area contributed by atoms with Gasteiger partial charge in [-0.25, -0.2) is 9.78 Å². The highest BCUT2D eigenvalue weighted by Crippen LogP contribution is 2.22.